The summed E-state index contributed by atoms with van der Waals surface area (Å²) in [4.78, 5) is 14.0. The molecule has 3 atom stereocenters. The maximum absolute atomic E-state index is 10.0. The van der Waals surface area contributed by atoms with Gasteiger partial charge in [-0.3, -0.25) is 4.98 Å². The topological polar surface area (TPSA) is 103 Å². The molecule has 1 aromatic carbocycles. The molecule has 7 nitrogen and oxygen atoms in total. The normalized spacial score (nSPS) is 21.3. The van der Waals surface area contributed by atoms with Gasteiger partial charge in [0.1, 0.15) is 11.5 Å². The number of para-hydroxylation sites is 1. The minimum absolute atomic E-state index is 0. The molecule has 8 heteroatoms. The summed E-state index contributed by atoms with van der Waals surface area (Å²) in [7, 11) is 0. The zero-order valence-electron chi connectivity index (χ0n) is 16.3. The molecular formula is C22H23ClN6O. The van der Waals surface area contributed by atoms with E-state index >= 15 is 0 Å². The van der Waals surface area contributed by atoms with E-state index in [-0.39, 0.29) is 24.4 Å². The Kier molecular flexibility index (Phi) is 5.76. The van der Waals surface area contributed by atoms with E-state index in [9.17, 15) is 5.11 Å². The van der Waals surface area contributed by atoms with Crippen LogP contribution in [0.2, 0.25) is 0 Å². The van der Waals surface area contributed by atoms with E-state index in [0.29, 0.717) is 30.2 Å². The minimum Gasteiger partial charge on any atom is -0.392 e. The molecule has 0 bridgehead atoms. The Hall–Kier alpha value is -2.87. The first-order chi connectivity index (χ1) is 14.2. The van der Waals surface area contributed by atoms with E-state index in [1.54, 1.807) is 6.20 Å². The molecule has 4 aromatic rings. The predicted octanol–water partition coefficient (Wildman–Crippen LogP) is 3.26. The van der Waals surface area contributed by atoms with E-state index in [2.05, 4.69) is 4.98 Å². The largest absolute Gasteiger partial charge is 0.392 e. The second-order valence-corrected chi connectivity index (χ2v) is 7.52. The molecule has 0 radical (unpaired) electrons. The number of aliphatic hydroxyl groups excluding tert-OH is 1. The zero-order chi connectivity index (χ0) is 19.8. The molecular weight excluding hydrogens is 400 g/mol. The van der Waals surface area contributed by atoms with Crippen LogP contribution in [-0.2, 0) is 0 Å². The Morgan fingerprint density at radius 3 is 2.60 bits per heavy atom. The quantitative estimate of drug-likeness (QED) is 0.525. The molecule has 1 aliphatic carbocycles. The summed E-state index contributed by atoms with van der Waals surface area (Å²) in [5, 5.41) is 15.9. The molecule has 0 amide bonds. The van der Waals surface area contributed by atoms with E-state index in [0.717, 1.165) is 23.1 Å². The maximum atomic E-state index is 10.0. The summed E-state index contributed by atoms with van der Waals surface area (Å²) in [6.45, 7) is 0. The summed E-state index contributed by atoms with van der Waals surface area (Å²) >= 11 is 0. The zero-order valence-corrected chi connectivity index (χ0v) is 17.1. The highest BCUT2D eigenvalue weighted by molar-refractivity contribution is 5.85. The van der Waals surface area contributed by atoms with Crippen molar-refractivity contribution in [1.29, 1.82) is 0 Å². The molecule has 3 aromatic heterocycles. The molecule has 0 spiro atoms. The van der Waals surface area contributed by atoms with Crippen molar-refractivity contribution >= 4 is 23.3 Å². The SMILES string of the molecule is Cl.N[C@@H]1C[C@@H](c2nc(-c3ccccn3)nn2-c2ccc3ccccc3n2)CC[C@H]1O. The average molecular weight is 423 g/mol. The number of rotatable bonds is 3. The predicted molar refractivity (Wildman–Crippen MR) is 118 cm³/mol. The molecule has 3 N–H and O–H groups in total. The number of fused-ring (bicyclic) bond motifs is 1. The number of aliphatic hydroxyl groups is 1. The van der Waals surface area contributed by atoms with Gasteiger partial charge in [0.2, 0.25) is 5.82 Å². The monoisotopic (exact) mass is 422 g/mol. The lowest BCUT2D eigenvalue weighted by molar-refractivity contribution is 0.0989. The number of nitrogens with zero attached hydrogens (tertiary/aromatic N) is 5. The average Bonchev–Trinajstić information content (AvgIpc) is 3.21. The third-order valence-electron chi connectivity index (χ3n) is 5.55. The summed E-state index contributed by atoms with van der Waals surface area (Å²) in [5.41, 5.74) is 7.77. The minimum atomic E-state index is -0.461. The second kappa shape index (κ2) is 8.47. The molecule has 30 heavy (non-hydrogen) atoms. The van der Waals surface area contributed by atoms with Crippen LogP contribution in [-0.4, -0.2) is 42.0 Å². The van der Waals surface area contributed by atoms with Crippen LogP contribution in [0.15, 0.2) is 60.8 Å². The summed E-state index contributed by atoms with van der Waals surface area (Å²) in [6.07, 6.45) is 3.40. The number of nitrogens with two attached hydrogens (primary N) is 1. The summed E-state index contributed by atoms with van der Waals surface area (Å²) in [5.74, 6) is 2.20. The van der Waals surface area contributed by atoms with E-state index in [1.807, 2.05) is 59.3 Å². The van der Waals surface area contributed by atoms with Gasteiger partial charge in [-0.05, 0) is 49.6 Å². The molecule has 5 rings (SSSR count). The molecule has 0 saturated heterocycles. The molecule has 1 saturated carbocycles. The Bertz CT molecular complexity index is 1150. The Balaban J connectivity index is 0.00000218. The third-order valence-corrected chi connectivity index (χ3v) is 5.55. The lowest BCUT2D eigenvalue weighted by atomic mass is 9.83. The number of benzene rings is 1. The van der Waals surface area contributed by atoms with Crippen LogP contribution in [0.4, 0.5) is 0 Å². The van der Waals surface area contributed by atoms with Gasteiger partial charge < -0.3 is 10.8 Å². The van der Waals surface area contributed by atoms with Crippen LogP contribution in [0.5, 0.6) is 0 Å². The van der Waals surface area contributed by atoms with Crippen molar-refractivity contribution in [2.75, 3.05) is 0 Å². The number of pyridine rings is 2. The van der Waals surface area contributed by atoms with Gasteiger partial charge in [0.25, 0.3) is 0 Å². The van der Waals surface area contributed by atoms with Crippen LogP contribution >= 0.6 is 12.4 Å². The molecule has 0 unspecified atom stereocenters. The van der Waals surface area contributed by atoms with Crippen LogP contribution in [0.25, 0.3) is 28.2 Å². The van der Waals surface area contributed by atoms with Gasteiger partial charge in [0.05, 0.1) is 11.6 Å². The first kappa shape index (κ1) is 20.4. The lowest BCUT2D eigenvalue weighted by Gasteiger charge is -2.30. The fourth-order valence-corrected chi connectivity index (χ4v) is 3.96. The maximum Gasteiger partial charge on any atom is 0.200 e. The number of halogens is 1. The Labute approximate surface area is 180 Å². The van der Waals surface area contributed by atoms with Gasteiger partial charge in [-0.15, -0.1) is 17.5 Å². The number of hydrogen-bond acceptors (Lipinski definition) is 6. The van der Waals surface area contributed by atoms with Crippen LogP contribution < -0.4 is 5.73 Å². The van der Waals surface area contributed by atoms with Crippen molar-refractivity contribution < 1.29 is 5.11 Å². The Morgan fingerprint density at radius 1 is 0.967 bits per heavy atom. The lowest BCUT2D eigenvalue weighted by Crippen LogP contribution is -2.40. The smallest absolute Gasteiger partial charge is 0.200 e. The Morgan fingerprint density at radius 2 is 1.80 bits per heavy atom. The van der Waals surface area contributed by atoms with Crippen LogP contribution in [0.3, 0.4) is 0 Å². The van der Waals surface area contributed by atoms with Crippen LogP contribution in [0, 0.1) is 0 Å². The third kappa shape index (κ3) is 3.79. The van der Waals surface area contributed by atoms with Crippen molar-refractivity contribution in [2.24, 2.45) is 5.73 Å². The summed E-state index contributed by atoms with van der Waals surface area (Å²) < 4.78 is 1.81. The van der Waals surface area contributed by atoms with E-state index in [4.69, 9.17) is 20.8 Å². The number of aromatic nitrogens is 5. The van der Waals surface area contributed by atoms with Gasteiger partial charge in [0.15, 0.2) is 5.82 Å². The number of hydrogen-bond donors (Lipinski definition) is 2. The van der Waals surface area contributed by atoms with Crippen molar-refractivity contribution in [3.63, 3.8) is 0 Å². The van der Waals surface area contributed by atoms with Crippen molar-refractivity contribution in [3.05, 3.63) is 66.6 Å². The molecule has 3 heterocycles. The van der Waals surface area contributed by atoms with Crippen molar-refractivity contribution in [3.8, 4) is 17.3 Å². The van der Waals surface area contributed by atoms with Gasteiger partial charge in [-0.25, -0.2) is 9.97 Å². The van der Waals surface area contributed by atoms with E-state index in [1.165, 1.54) is 0 Å². The standard InChI is InChI=1S/C22H22N6O.ClH/c23-16-13-15(8-10-19(16)29)22-26-21(18-7-3-4-12-24-18)27-28(22)20-11-9-14-5-1-2-6-17(14)25-20;/h1-7,9,11-12,15-16,19,29H,8,10,13,23H2;1H/t15-,16+,19+;/m0./s1. The highest BCUT2D eigenvalue weighted by Crippen LogP contribution is 2.33. The molecule has 0 aliphatic heterocycles. The van der Waals surface area contributed by atoms with Gasteiger partial charge >= 0.3 is 0 Å². The highest BCUT2D eigenvalue weighted by Gasteiger charge is 2.31. The second-order valence-electron chi connectivity index (χ2n) is 7.52. The molecule has 154 valence electrons. The van der Waals surface area contributed by atoms with Gasteiger partial charge in [-0.1, -0.05) is 24.3 Å². The highest BCUT2D eigenvalue weighted by atomic mass is 35.5. The van der Waals surface area contributed by atoms with Gasteiger partial charge in [0, 0.05) is 23.5 Å². The first-order valence-corrected chi connectivity index (χ1v) is 9.87. The first-order valence-electron chi connectivity index (χ1n) is 9.87. The molecule has 1 aliphatic rings. The van der Waals surface area contributed by atoms with Gasteiger partial charge in [-0.2, -0.15) is 4.68 Å². The van der Waals surface area contributed by atoms with Crippen LogP contribution in [0.1, 0.15) is 31.0 Å². The summed E-state index contributed by atoms with van der Waals surface area (Å²) in [6, 6.07) is 17.4. The molecule has 1 fully saturated rings. The van der Waals surface area contributed by atoms with Crippen molar-refractivity contribution in [2.45, 2.75) is 37.3 Å². The fourth-order valence-electron chi connectivity index (χ4n) is 3.96. The fraction of sp³-hybridized carbons (Fsp3) is 0.273. The van der Waals surface area contributed by atoms with E-state index < -0.39 is 6.10 Å². The van der Waals surface area contributed by atoms with Crippen molar-refractivity contribution in [1.82, 2.24) is 24.7 Å².